The Morgan fingerprint density at radius 2 is 1.86 bits per heavy atom. The molecule has 0 aromatic heterocycles. The fourth-order valence-electron chi connectivity index (χ4n) is 1.90. The van der Waals surface area contributed by atoms with Crippen LogP contribution in [0.4, 0.5) is 0 Å². The molecule has 0 unspecified atom stereocenters. The van der Waals surface area contributed by atoms with Crippen LogP contribution in [0.15, 0.2) is 60.7 Å². The second-order valence-corrected chi connectivity index (χ2v) is 4.90. The zero-order chi connectivity index (χ0) is 14.5. The van der Waals surface area contributed by atoms with Crippen LogP contribution >= 0.6 is 0 Å². The fourth-order valence-corrected chi connectivity index (χ4v) is 1.90. The Labute approximate surface area is 123 Å². The second kappa shape index (κ2) is 6.37. The van der Waals surface area contributed by atoms with E-state index in [2.05, 4.69) is 0 Å². The standard InChI is InChI=1S/C18H16O3/c19-18(15-4-2-1-3-5-15)11-8-14-6-9-16(10-7-14)20-12-17-13-21-17/h1-11,17H,12-13H2/b11-8+/t17-/m0/s1. The van der Waals surface area contributed by atoms with E-state index in [0.29, 0.717) is 12.2 Å². The van der Waals surface area contributed by atoms with Gasteiger partial charge in [0.1, 0.15) is 18.5 Å². The number of allylic oxidation sites excluding steroid dienone is 1. The predicted octanol–water partition coefficient (Wildman–Crippen LogP) is 3.36. The molecule has 1 fully saturated rings. The highest BCUT2D eigenvalue weighted by atomic mass is 16.6. The number of carbonyl (C=O) groups is 1. The van der Waals surface area contributed by atoms with Gasteiger partial charge in [-0.1, -0.05) is 48.5 Å². The minimum Gasteiger partial charge on any atom is -0.491 e. The van der Waals surface area contributed by atoms with Crippen LogP contribution in [0.2, 0.25) is 0 Å². The lowest BCUT2D eigenvalue weighted by atomic mass is 10.1. The van der Waals surface area contributed by atoms with Gasteiger partial charge in [0.15, 0.2) is 5.78 Å². The van der Waals surface area contributed by atoms with Crippen molar-refractivity contribution in [3.05, 3.63) is 71.8 Å². The molecule has 2 aromatic carbocycles. The summed E-state index contributed by atoms with van der Waals surface area (Å²) in [5.41, 5.74) is 1.66. The van der Waals surface area contributed by atoms with Gasteiger partial charge in [-0.25, -0.2) is 0 Å². The predicted molar refractivity (Wildman–Crippen MR) is 81.5 cm³/mol. The fraction of sp³-hybridized carbons (Fsp3) is 0.167. The second-order valence-electron chi connectivity index (χ2n) is 4.90. The molecule has 0 spiro atoms. The third-order valence-electron chi connectivity index (χ3n) is 3.20. The van der Waals surface area contributed by atoms with E-state index in [-0.39, 0.29) is 11.9 Å². The molecular formula is C18H16O3. The summed E-state index contributed by atoms with van der Waals surface area (Å²) >= 11 is 0. The van der Waals surface area contributed by atoms with Gasteiger partial charge in [-0.2, -0.15) is 0 Å². The lowest BCUT2D eigenvalue weighted by molar-refractivity contribution is 0.104. The zero-order valence-electron chi connectivity index (χ0n) is 11.6. The van der Waals surface area contributed by atoms with Crippen molar-refractivity contribution in [3.63, 3.8) is 0 Å². The Morgan fingerprint density at radius 3 is 2.52 bits per heavy atom. The Morgan fingerprint density at radius 1 is 1.14 bits per heavy atom. The largest absolute Gasteiger partial charge is 0.491 e. The van der Waals surface area contributed by atoms with Crippen LogP contribution in [0, 0.1) is 0 Å². The molecule has 0 N–H and O–H groups in total. The first-order chi connectivity index (χ1) is 10.3. The number of ketones is 1. The van der Waals surface area contributed by atoms with E-state index < -0.39 is 0 Å². The highest BCUT2D eigenvalue weighted by Crippen LogP contribution is 2.16. The molecule has 3 nitrogen and oxygen atoms in total. The summed E-state index contributed by atoms with van der Waals surface area (Å²) in [5, 5.41) is 0. The van der Waals surface area contributed by atoms with E-state index in [1.807, 2.05) is 60.7 Å². The molecule has 2 aromatic rings. The third kappa shape index (κ3) is 4.04. The molecule has 0 aliphatic carbocycles. The van der Waals surface area contributed by atoms with E-state index >= 15 is 0 Å². The van der Waals surface area contributed by atoms with Gasteiger partial charge < -0.3 is 9.47 Å². The number of benzene rings is 2. The molecular weight excluding hydrogens is 264 g/mol. The average molecular weight is 280 g/mol. The van der Waals surface area contributed by atoms with Crippen molar-refractivity contribution in [2.24, 2.45) is 0 Å². The van der Waals surface area contributed by atoms with Crippen molar-refractivity contribution in [3.8, 4) is 5.75 Å². The maximum absolute atomic E-state index is 11.9. The molecule has 3 rings (SSSR count). The molecule has 1 atom stereocenters. The van der Waals surface area contributed by atoms with Crippen molar-refractivity contribution in [1.29, 1.82) is 0 Å². The minimum absolute atomic E-state index is 0.00167. The van der Waals surface area contributed by atoms with Crippen LogP contribution in [0.3, 0.4) is 0 Å². The Kier molecular flexibility index (Phi) is 4.12. The Balaban J connectivity index is 1.59. The van der Waals surface area contributed by atoms with Crippen molar-refractivity contribution in [2.45, 2.75) is 6.10 Å². The smallest absolute Gasteiger partial charge is 0.185 e. The van der Waals surface area contributed by atoms with Crippen molar-refractivity contribution >= 4 is 11.9 Å². The summed E-state index contributed by atoms with van der Waals surface area (Å²) in [6.45, 7) is 1.39. The van der Waals surface area contributed by atoms with Gasteiger partial charge in [0.2, 0.25) is 0 Å². The molecule has 0 bridgehead atoms. The van der Waals surface area contributed by atoms with Crippen LogP contribution in [-0.2, 0) is 4.74 Å². The Hall–Kier alpha value is -2.39. The summed E-state index contributed by atoms with van der Waals surface area (Å²) in [6.07, 6.45) is 3.65. The number of ether oxygens (including phenoxy) is 2. The van der Waals surface area contributed by atoms with Crippen molar-refractivity contribution < 1.29 is 14.3 Å². The lowest BCUT2D eigenvalue weighted by Gasteiger charge is -2.03. The number of carbonyl (C=O) groups excluding carboxylic acids is 1. The van der Waals surface area contributed by atoms with Crippen LogP contribution in [0.1, 0.15) is 15.9 Å². The summed E-state index contributed by atoms with van der Waals surface area (Å²) in [6, 6.07) is 16.9. The molecule has 0 saturated carbocycles. The van der Waals surface area contributed by atoms with E-state index in [9.17, 15) is 4.79 Å². The average Bonchev–Trinajstić information content (AvgIpc) is 3.37. The van der Waals surface area contributed by atoms with Crippen molar-refractivity contribution in [2.75, 3.05) is 13.2 Å². The van der Waals surface area contributed by atoms with Gasteiger partial charge in [-0.05, 0) is 23.8 Å². The van der Waals surface area contributed by atoms with E-state index in [0.717, 1.165) is 17.9 Å². The first kappa shape index (κ1) is 13.6. The molecule has 3 heteroatoms. The van der Waals surface area contributed by atoms with Gasteiger partial charge in [0, 0.05) is 5.56 Å². The summed E-state index contributed by atoms with van der Waals surface area (Å²) in [4.78, 5) is 11.9. The van der Waals surface area contributed by atoms with Gasteiger partial charge in [-0.3, -0.25) is 4.79 Å². The molecule has 1 saturated heterocycles. The van der Waals surface area contributed by atoms with Crippen molar-refractivity contribution in [1.82, 2.24) is 0 Å². The SMILES string of the molecule is O=C(/C=C/c1ccc(OC[C@H]2CO2)cc1)c1ccccc1. The zero-order valence-corrected chi connectivity index (χ0v) is 11.6. The molecule has 0 amide bonds. The molecule has 1 aliphatic rings. The number of rotatable bonds is 6. The van der Waals surface area contributed by atoms with Crippen LogP contribution in [-0.4, -0.2) is 25.1 Å². The molecule has 1 aliphatic heterocycles. The van der Waals surface area contributed by atoms with E-state index in [1.165, 1.54) is 0 Å². The summed E-state index contributed by atoms with van der Waals surface area (Å²) in [7, 11) is 0. The third-order valence-corrected chi connectivity index (χ3v) is 3.20. The van der Waals surface area contributed by atoms with Gasteiger partial charge in [0.25, 0.3) is 0 Å². The summed E-state index contributed by atoms with van der Waals surface area (Å²) < 4.78 is 10.7. The number of epoxide rings is 1. The quantitative estimate of drug-likeness (QED) is 0.462. The molecule has 106 valence electrons. The highest BCUT2D eigenvalue weighted by molar-refractivity contribution is 6.06. The van der Waals surface area contributed by atoms with E-state index in [1.54, 1.807) is 6.08 Å². The first-order valence-corrected chi connectivity index (χ1v) is 6.93. The Bertz CT molecular complexity index is 625. The highest BCUT2D eigenvalue weighted by Gasteiger charge is 2.22. The minimum atomic E-state index is 0.00167. The first-order valence-electron chi connectivity index (χ1n) is 6.93. The maximum Gasteiger partial charge on any atom is 0.185 e. The molecule has 21 heavy (non-hydrogen) atoms. The number of hydrogen-bond acceptors (Lipinski definition) is 3. The van der Waals surface area contributed by atoms with E-state index in [4.69, 9.17) is 9.47 Å². The number of hydrogen-bond donors (Lipinski definition) is 0. The topological polar surface area (TPSA) is 38.8 Å². The van der Waals surface area contributed by atoms with Gasteiger partial charge >= 0.3 is 0 Å². The lowest BCUT2D eigenvalue weighted by Crippen LogP contribution is -2.03. The molecule has 0 radical (unpaired) electrons. The molecule has 1 heterocycles. The maximum atomic E-state index is 11.9. The van der Waals surface area contributed by atoms with Crippen LogP contribution < -0.4 is 4.74 Å². The van der Waals surface area contributed by atoms with Gasteiger partial charge in [0.05, 0.1) is 6.61 Å². The summed E-state index contributed by atoms with van der Waals surface area (Å²) in [5.74, 6) is 0.818. The van der Waals surface area contributed by atoms with Gasteiger partial charge in [-0.15, -0.1) is 0 Å². The van der Waals surface area contributed by atoms with Crippen LogP contribution in [0.5, 0.6) is 5.75 Å². The monoisotopic (exact) mass is 280 g/mol. The normalized spacial score (nSPS) is 16.9. The van der Waals surface area contributed by atoms with Crippen LogP contribution in [0.25, 0.3) is 6.08 Å².